The number of unbranched alkanes of at least 4 members (excludes halogenated alkanes) is 8. The summed E-state index contributed by atoms with van der Waals surface area (Å²) in [5.74, 6) is -0.301. The first-order valence-electron chi connectivity index (χ1n) is 9.75. The molecule has 0 aliphatic rings. The van der Waals surface area contributed by atoms with Crippen LogP contribution in [0, 0.1) is 0 Å². The maximum Gasteiger partial charge on any atom is 0.305 e. The molecule has 0 aromatic carbocycles. The molecule has 0 aromatic heterocycles. The van der Waals surface area contributed by atoms with Gasteiger partial charge in [0, 0.05) is 6.42 Å². The number of aliphatic hydroxyl groups excluding tert-OH is 3. The Morgan fingerprint density at radius 1 is 0.920 bits per heavy atom. The molecule has 0 saturated carbocycles. The molecule has 0 aliphatic carbocycles. The number of carbonyl (C=O) groups is 1. The van der Waals surface area contributed by atoms with Crippen LogP contribution in [0.25, 0.3) is 0 Å². The topological polar surface area (TPSA) is 96.2 Å². The monoisotopic (exact) mass is 362 g/mol. The number of hydrogen-bond donors (Lipinski definition) is 3. The van der Waals surface area contributed by atoms with Gasteiger partial charge in [-0.25, -0.2) is 0 Å². The highest BCUT2D eigenvalue weighted by Gasteiger charge is 2.18. The molecule has 25 heavy (non-hydrogen) atoms. The Labute approximate surface area is 152 Å². The molecule has 0 saturated heterocycles. The highest BCUT2D eigenvalue weighted by atomic mass is 16.6. The molecule has 0 bridgehead atoms. The van der Waals surface area contributed by atoms with Crippen LogP contribution in [-0.2, 0) is 14.3 Å². The molecule has 0 heterocycles. The average molecular weight is 363 g/mol. The van der Waals surface area contributed by atoms with Crippen LogP contribution in [0.15, 0.2) is 0 Å². The molecule has 0 fully saturated rings. The fraction of sp³-hybridized carbons (Fsp3) is 0.947. The Bertz CT molecular complexity index is 310. The van der Waals surface area contributed by atoms with Crippen molar-refractivity contribution in [3.63, 3.8) is 0 Å². The van der Waals surface area contributed by atoms with Crippen molar-refractivity contribution in [1.82, 2.24) is 0 Å². The number of carbonyl (C=O) groups excluding carboxylic acids is 1. The van der Waals surface area contributed by atoms with Crippen LogP contribution >= 0.6 is 0 Å². The van der Waals surface area contributed by atoms with Crippen molar-refractivity contribution in [3.05, 3.63) is 0 Å². The third-order valence-corrected chi connectivity index (χ3v) is 4.20. The van der Waals surface area contributed by atoms with Gasteiger partial charge in [0.05, 0.1) is 19.3 Å². The van der Waals surface area contributed by atoms with Crippen LogP contribution in [0.5, 0.6) is 0 Å². The van der Waals surface area contributed by atoms with Crippen LogP contribution in [0.1, 0.15) is 78.1 Å². The zero-order valence-electron chi connectivity index (χ0n) is 16.0. The van der Waals surface area contributed by atoms with E-state index in [1.54, 1.807) is 6.92 Å². The quantitative estimate of drug-likeness (QED) is 0.272. The van der Waals surface area contributed by atoms with Gasteiger partial charge in [-0.3, -0.25) is 4.79 Å². The standard InChI is InChI=1S/C19H38O6/c1-3-4-5-6-7-8-9-10-11-12-19(23)25-15-18(22)16(2)24-14-17(21)13-20/h16-18,20-22H,3-15H2,1-2H3/t16-,17-,18+/m0/s1. The van der Waals surface area contributed by atoms with Gasteiger partial charge in [-0.2, -0.15) is 0 Å². The van der Waals surface area contributed by atoms with E-state index in [-0.39, 0.29) is 19.2 Å². The van der Waals surface area contributed by atoms with Gasteiger partial charge >= 0.3 is 5.97 Å². The van der Waals surface area contributed by atoms with Crippen molar-refractivity contribution < 1.29 is 29.6 Å². The van der Waals surface area contributed by atoms with E-state index in [4.69, 9.17) is 14.6 Å². The minimum absolute atomic E-state index is 0.0683. The van der Waals surface area contributed by atoms with Crippen molar-refractivity contribution in [2.24, 2.45) is 0 Å². The van der Waals surface area contributed by atoms with Crippen molar-refractivity contribution in [2.45, 2.75) is 96.4 Å². The maximum absolute atomic E-state index is 11.6. The van der Waals surface area contributed by atoms with Crippen molar-refractivity contribution >= 4 is 5.97 Å². The van der Waals surface area contributed by atoms with Gasteiger partial charge in [0.15, 0.2) is 0 Å². The number of esters is 1. The lowest BCUT2D eigenvalue weighted by molar-refractivity contribution is -0.151. The first-order valence-corrected chi connectivity index (χ1v) is 9.75. The molecule has 0 rings (SSSR count). The molecule has 0 radical (unpaired) electrons. The third kappa shape index (κ3) is 15.3. The van der Waals surface area contributed by atoms with E-state index in [0.717, 1.165) is 19.3 Å². The van der Waals surface area contributed by atoms with Gasteiger partial charge in [0.1, 0.15) is 18.8 Å². The molecular weight excluding hydrogens is 324 g/mol. The molecule has 3 N–H and O–H groups in total. The van der Waals surface area contributed by atoms with E-state index < -0.39 is 24.9 Å². The number of ether oxygens (including phenoxy) is 2. The number of hydrogen-bond acceptors (Lipinski definition) is 6. The molecule has 0 spiro atoms. The maximum atomic E-state index is 11.6. The Kier molecular flexibility index (Phi) is 16.3. The summed E-state index contributed by atoms with van der Waals surface area (Å²) in [4.78, 5) is 11.6. The van der Waals surface area contributed by atoms with Gasteiger partial charge in [0.2, 0.25) is 0 Å². The van der Waals surface area contributed by atoms with Crippen LogP contribution in [-0.4, -0.2) is 59.4 Å². The lowest BCUT2D eigenvalue weighted by atomic mass is 10.1. The summed E-state index contributed by atoms with van der Waals surface area (Å²) in [5, 5.41) is 27.7. The SMILES string of the molecule is CCCCCCCCCCCC(=O)OC[C@@H](O)[C@H](C)OC[C@@H](O)CO. The number of aliphatic hydroxyl groups is 3. The molecule has 6 nitrogen and oxygen atoms in total. The fourth-order valence-corrected chi connectivity index (χ4v) is 2.39. The molecular formula is C19H38O6. The minimum Gasteiger partial charge on any atom is -0.463 e. The predicted octanol–water partition coefficient (Wildman–Crippen LogP) is 2.57. The molecule has 3 atom stereocenters. The van der Waals surface area contributed by atoms with Crippen molar-refractivity contribution in [1.29, 1.82) is 0 Å². The second-order valence-electron chi connectivity index (χ2n) is 6.70. The van der Waals surface area contributed by atoms with E-state index in [9.17, 15) is 15.0 Å². The van der Waals surface area contributed by atoms with Crippen molar-refractivity contribution in [2.75, 3.05) is 19.8 Å². The zero-order valence-corrected chi connectivity index (χ0v) is 16.0. The minimum atomic E-state index is -0.969. The number of rotatable bonds is 17. The smallest absolute Gasteiger partial charge is 0.305 e. The molecule has 0 unspecified atom stereocenters. The van der Waals surface area contributed by atoms with E-state index in [1.165, 1.54) is 38.5 Å². The van der Waals surface area contributed by atoms with E-state index in [2.05, 4.69) is 6.92 Å². The summed E-state index contributed by atoms with van der Waals surface area (Å²) in [6, 6.07) is 0. The Morgan fingerprint density at radius 3 is 2.04 bits per heavy atom. The second-order valence-corrected chi connectivity index (χ2v) is 6.70. The zero-order chi connectivity index (χ0) is 18.9. The van der Waals surface area contributed by atoms with E-state index in [1.807, 2.05) is 0 Å². The fourth-order valence-electron chi connectivity index (χ4n) is 2.39. The van der Waals surface area contributed by atoms with Gasteiger partial charge in [0.25, 0.3) is 0 Å². The van der Waals surface area contributed by atoms with Gasteiger partial charge in [-0.1, -0.05) is 58.3 Å². The summed E-state index contributed by atoms with van der Waals surface area (Å²) in [5.41, 5.74) is 0. The first kappa shape index (κ1) is 24.3. The van der Waals surface area contributed by atoms with Gasteiger partial charge < -0.3 is 24.8 Å². The Hall–Kier alpha value is -0.690. The van der Waals surface area contributed by atoms with Crippen LogP contribution < -0.4 is 0 Å². The summed E-state index contributed by atoms with van der Waals surface area (Å²) < 4.78 is 10.2. The Morgan fingerprint density at radius 2 is 1.48 bits per heavy atom. The van der Waals surface area contributed by atoms with E-state index >= 15 is 0 Å². The predicted molar refractivity (Wildman–Crippen MR) is 97.3 cm³/mol. The molecule has 6 heteroatoms. The highest BCUT2D eigenvalue weighted by molar-refractivity contribution is 5.69. The molecule has 0 amide bonds. The van der Waals surface area contributed by atoms with Crippen molar-refractivity contribution in [3.8, 4) is 0 Å². The lowest BCUT2D eigenvalue weighted by Gasteiger charge is -2.20. The second kappa shape index (κ2) is 16.8. The molecule has 150 valence electrons. The lowest BCUT2D eigenvalue weighted by Crippen LogP contribution is -2.34. The summed E-state index contributed by atoms with van der Waals surface area (Å²) in [6.45, 7) is 3.26. The third-order valence-electron chi connectivity index (χ3n) is 4.20. The highest BCUT2D eigenvalue weighted by Crippen LogP contribution is 2.11. The summed E-state index contributed by atoms with van der Waals surface area (Å²) >= 11 is 0. The average Bonchev–Trinajstić information content (AvgIpc) is 2.62. The summed E-state index contributed by atoms with van der Waals surface area (Å²) in [6.07, 6.45) is 8.61. The van der Waals surface area contributed by atoms with Gasteiger partial charge in [-0.05, 0) is 13.3 Å². The van der Waals surface area contributed by atoms with Crippen LogP contribution in [0.2, 0.25) is 0 Å². The summed E-state index contributed by atoms with van der Waals surface area (Å²) in [7, 11) is 0. The van der Waals surface area contributed by atoms with Gasteiger partial charge in [-0.15, -0.1) is 0 Å². The van der Waals surface area contributed by atoms with E-state index in [0.29, 0.717) is 6.42 Å². The Balaban J connectivity index is 3.53. The first-order chi connectivity index (χ1) is 12.0. The normalized spacial score (nSPS) is 14.9. The van der Waals surface area contributed by atoms with Crippen LogP contribution in [0.4, 0.5) is 0 Å². The van der Waals surface area contributed by atoms with Crippen LogP contribution in [0.3, 0.4) is 0 Å². The molecule has 0 aromatic rings. The largest absolute Gasteiger partial charge is 0.463 e. The molecule has 0 aliphatic heterocycles.